The van der Waals surface area contributed by atoms with Gasteiger partial charge in [0.05, 0.1) is 0 Å². The molecule has 1 rings (SSSR count). The van der Waals surface area contributed by atoms with Gasteiger partial charge in [0.25, 0.3) is 0 Å². The Labute approximate surface area is 96.4 Å². The van der Waals surface area contributed by atoms with Crippen LogP contribution in [0.25, 0.3) is 0 Å². The maximum atomic E-state index is 5.55. The van der Waals surface area contributed by atoms with Crippen molar-refractivity contribution in [3.63, 3.8) is 0 Å². The summed E-state index contributed by atoms with van der Waals surface area (Å²) in [6.07, 6.45) is -0.171. The predicted molar refractivity (Wildman–Crippen MR) is 61.0 cm³/mol. The van der Waals surface area contributed by atoms with E-state index >= 15 is 0 Å². The van der Waals surface area contributed by atoms with Crippen molar-refractivity contribution in [1.29, 1.82) is 0 Å². The first-order chi connectivity index (χ1) is 7.40. The molecule has 0 fully saturated rings. The van der Waals surface area contributed by atoms with E-state index in [4.69, 9.17) is 15.0 Å². The van der Waals surface area contributed by atoms with Gasteiger partial charge in [0, 0.05) is 19.6 Å². The van der Waals surface area contributed by atoms with Crippen molar-refractivity contribution in [3.05, 3.63) is 11.7 Å². The highest BCUT2D eigenvalue weighted by Gasteiger charge is 2.31. The highest BCUT2D eigenvalue weighted by atomic mass is 16.5. The van der Waals surface area contributed by atoms with E-state index in [0.717, 1.165) is 0 Å². The van der Waals surface area contributed by atoms with Crippen molar-refractivity contribution in [3.8, 4) is 0 Å². The molecule has 0 saturated heterocycles. The number of nitrogens with zero attached hydrogens (tertiary/aromatic N) is 2. The van der Waals surface area contributed by atoms with Crippen molar-refractivity contribution >= 4 is 0 Å². The number of rotatable bonds is 4. The van der Waals surface area contributed by atoms with E-state index in [1.165, 1.54) is 0 Å². The lowest BCUT2D eigenvalue weighted by atomic mass is 9.88. The van der Waals surface area contributed by atoms with Crippen molar-refractivity contribution in [2.24, 2.45) is 11.1 Å². The lowest BCUT2D eigenvalue weighted by molar-refractivity contribution is 0.00718. The molecule has 92 valence electrons. The van der Waals surface area contributed by atoms with Crippen molar-refractivity contribution in [2.75, 3.05) is 13.7 Å². The Morgan fingerprint density at radius 3 is 2.50 bits per heavy atom. The molecule has 0 bridgehead atoms. The molecule has 2 unspecified atom stereocenters. The van der Waals surface area contributed by atoms with Gasteiger partial charge in [0.2, 0.25) is 11.7 Å². The summed E-state index contributed by atoms with van der Waals surface area (Å²) in [6.45, 7) is 8.67. The van der Waals surface area contributed by atoms with E-state index in [0.29, 0.717) is 18.3 Å². The normalized spacial score (nSPS) is 16.1. The quantitative estimate of drug-likeness (QED) is 0.849. The zero-order valence-corrected chi connectivity index (χ0v) is 10.7. The Hall–Kier alpha value is -0.940. The second-order valence-electron chi connectivity index (χ2n) is 5.11. The van der Waals surface area contributed by atoms with Crippen molar-refractivity contribution in [1.82, 2.24) is 10.1 Å². The topological polar surface area (TPSA) is 74.2 Å². The third-order valence-electron chi connectivity index (χ3n) is 2.49. The van der Waals surface area contributed by atoms with Crippen LogP contribution < -0.4 is 5.73 Å². The molecule has 5 heteroatoms. The van der Waals surface area contributed by atoms with Gasteiger partial charge in [0.1, 0.15) is 6.10 Å². The standard InChI is InChI=1S/C11H21N3O2/c1-7(6-12)10-13-9(14-16-10)8(15-5)11(2,3)4/h7-8H,6,12H2,1-5H3. The van der Waals surface area contributed by atoms with Crippen LogP contribution >= 0.6 is 0 Å². The van der Waals surface area contributed by atoms with Crippen molar-refractivity contribution in [2.45, 2.75) is 39.7 Å². The Kier molecular flexibility index (Phi) is 4.04. The van der Waals surface area contributed by atoms with E-state index in [9.17, 15) is 0 Å². The average Bonchev–Trinajstić information content (AvgIpc) is 2.64. The van der Waals surface area contributed by atoms with Gasteiger partial charge in [-0.3, -0.25) is 0 Å². The SMILES string of the molecule is COC(c1noc(C(C)CN)n1)C(C)(C)C. The minimum atomic E-state index is -0.171. The third-order valence-corrected chi connectivity index (χ3v) is 2.49. The summed E-state index contributed by atoms with van der Waals surface area (Å²) in [4.78, 5) is 4.34. The molecule has 1 heterocycles. The Bertz CT molecular complexity index is 330. The van der Waals surface area contributed by atoms with Gasteiger partial charge in [-0.05, 0) is 5.41 Å². The molecule has 0 aliphatic carbocycles. The van der Waals surface area contributed by atoms with Gasteiger partial charge >= 0.3 is 0 Å². The molecular formula is C11H21N3O2. The van der Waals surface area contributed by atoms with Crippen LogP contribution in [0.5, 0.6) is 0 Å². The fourth-order valence-corrected chi connectivity index (χ4v) is 1.50. The molecule has 2 N–H and O–H groups in total. The Balaban J connectivity index is 2.91. The summed E-state index contributed by atoms with van der Waals surface area (Å²) in [5, 5.41) is 3.96. The lowest BCUT2D eigenvalue weighted by Gasteiger charge is -2.26. The molecular weight excluding hydrogens is 206 g/mol. The molecule has 16 heavy (non-hydrogen) atoms. The van der Waals surface area contributed by atoms with Crippen LogP contribution in [-0.4, -0.2) is 23.8 Å². The smallest absolute Gasteiger partial charge is 0.230 e. The molecule has 2 atom stereocenters. The summed E-state index contributed by atoms with van der Waals surface area (Å²) in [6, 6.07) is 0. The molecule has 0 amide bonds. The van der Waals surface area contributed by atoms with Crippen LogP contribution in [0.15, 0.2) is 4.52 Å². The minimum absolute atomic E-state index is 0.0676. The second-order valence-corrected chi connectivity index (χ2v) is 5.11. The van der Waals surface area contributed by atoms with E-state index in [2.05, 4.69) is 30.9 Å². The van der Waals surface area contributed by atoms with Crippen LogP contribution in [0, 0.1) is 5.41 Å². The molecule has 0 aliphatic rings. The molecule has 0 aromatic carbocycles. The highest BCUT2D eigenvalue weighted by Crippen LogP contribution is 2.34. The molecule has 0 spiro atoms. The maximum absolute atomic E-state index is 5.55. The third kappa shape index (κ3) is 2.80. The molecule has 1 aromatic rings. The van der Waals surface area contributed by atoms with E-state index < -0.39 is 0 Å². The van der Waals surface area contributed by atoms with Crippen LogP contribution in [0.2, 0.25) is 0 Å². The van der Waals surface area contributed by atoms with Gasteiger partial charge < -0.3 is 15.0 Å². The number of hydrogen-bond acceptors (Lipinski definition) is 5. The highest BCUT2D eigenvalue weighted by molar-refractivity contribution is 4.99. The van der Waals surface area contributed by atoms with Crippen molar-refractivity contribution < 1.29 is 9.26 Å². The number of ether oxygens (including phenoxy) is 1. The van der Waals surface area contributed by atoms with Crippen LogP contribution in [-0.2, 0) is 4.74 Å². The number of aromatic nitrogens is 2. The fourth-order valence-electron chi connectivity index (χ4n) is 1.50. The summed E-state index contributed by atoms with van der Waals surface area (Å²) in [5.74, 6) is 1.24. The zero-order chi connectivity index (χ0) is 12.3. The fraction of sp³-hybridized carbons (Fsp3) is 0.818. The molecule has 1 aromatic heterocycles. The number of nitrogens with two attached hydrogens (primary N) is 1. The first-order valence-electron chi connectivity index (χ1n) is 5.46. The van der Waals surface area contributed by atoms with Gasteiger partial charge in [0.15, 0.2) is 0 Å². The minimum Gasteiger partial charge on any atom is -0.373 e. The molecule has 0 aliphatic heterocycles. The first kappa shape index (κ1) is 13.1. The van der Waals surface area contributed by atoms with Crippen LogP contribution in [0.1, 0.15) is 51.4 Å². The molecule has 0 saturated carbocycles. The van der Waals surface area contributed by atoms with E-state index in [1.807, 2.05) is 6.92 Å². The van der Waals surface area contributed by atoms with Gasteiger partial charge in [-0.1, -0.05) is 32.9 Å². The average molecular weight is 227 g/mol. The maximum Gasteiger partial charge on any atom is 0.230 e. The van der Waals surface area contributed by atoms with Gasteiger partial charge in [-0.2, -0.15) is 4.98 Å². The number of methoxy groups -OCH3 is 1. The Morgan fingerprint density at radius 1 is 1.44 bits per heavy atom. The predicted octanol–water partition coefficient (Wildman–Crippen LogP) is 1.87. The zero-order valence-electron chi connectivity index (χ0n) is 10.7. The first-order valence-corrected chi connectivity index (χ1v) is 5.46. The largest absolute Gasteiger partial charge is 0.373 e. The van der Waals surface area contributed by atoms with Crippen LogP contribution in [0.4, 0.5) is 0 Å². The number of hydrogen-bond donors (Lipinski definition) is 1. The summed E-state index contributed by atoms with van der Waals surface area (Å²) in [5.41, 5.74) is 5.48. The summed E-state index contributed by atoms with van der Waals surface area (Å²) < 4.78 is 10.6. The van der Waals surface area contributed by atoms with Crippen LogP contribution in [0.3, 0.4) is 0 Å². The molecule has 5 nitrogen and oxygen atoms in total. The lowest BCUT2D eigenvalue weighted by Crippen LogP contribution is -2.21. The summed E-state index contributed by atoms with van der Waals surface area (Å²) >= 11 is 0. The van der Waals surface area contributed by atoms with E-state index in [-0.39, 0.29) is 17.4 Å². The Morgan fingerprint density at radius 2 is 2.06 bits per heavy atom. The second kappa shape index (κ2) is 4.93. The van der Waals surface area contributed by atoms with E-state index in [1.54, 1.807) is 7.11 Å². The van der Waals surface area contributed by atoms with Gasteiger partial charge in [-0.15, -0.1) is 0 Å². The summed E-state index contributed by atoms with van der Waals surface area (Å²) in [7, 11) is 1.65. The molecule has 0 radical (unpaired) electrons. The monoisotopic (exact) mass is 227 g/mol. The van der Waals surface area contributed by atoms with Gasteiger partial charge in [-0.25, -0.2) is 0 Å².